The van der Waals surface area contributed by atoms with Crippen molar-refractivity contribution < 1.29 is 14.4 Å². The van der Waals surface area contributed by atoms with E-state index in [4.69, 9.17) is 23.2 Å². The van der Waals surface area contributed by atoms with Gasteiger partial charge < -0.3 is 5.32 Å². The van der Waals surface area contributed by atoms with E-state index < -0.39 is 5.25 Å². The van der Waals surface area contributed by atoms with Gasteiger partial charge in [0, 0.05) is 22.2 Å². The molecule has 3 amide bonds. The van der Waals surface area contributed by atoms with Crippen molar-refractivity contribution in [2.75, 3.05) is 16.0 Å². The Balaban J connectivity index is 1.63. The molecule has 1 heterocycles. The number of anilines is 2. The standard InChI is InChI=1S/C19H16Cl2N2O3S/c1-11-4-2-3-5-15(11)22-17(24)10-27-16-9-18(25)23(19(16)26)14-7-12(20)6-13(21)8-14/h2-8,16H,9-10H2,1H3,(H,22,24). The summed E-state index contributed by atoms with van der Waals surface area (Å²) in [5, 5.41) is 2.88. The van der Waals surface area contributed by atoms with Crippen molar-refractivity contribution in [1.82, 2.24) is 0 Å². The fourth-order valence-electron chi connectivity index (χ4n) is 2.75. The number of aryl methyl sites for hydroxylation is 1. The Hall–Kier alpha value is -2.02. The molecule has 1 unspecified atom stereocenters. The van der Waals surface area contributed by atoms with Crippen molar-refractivity contribution in [3.63, 3.8) is 0 Å². The van der Waals surface area contributed by atoms with E-state index in [2.05, 4.69) is 5.32 Å². The lowest BCUT2D eigenvalue weighted by Crippen LogP contribution is -2.31. The van der Waals surface area contributed by atoms with Gasteiger partial charge in [-0.3, -0.25) is 14.4 Å². The van der Waals surface area contributed by atoms with Gasteiger partial charge in [-0.25, -0.2) is 4.90 Å². The molecule has 2 aromatic rings. The molecule has 0 radical (unpaired) electrons. The second kappa shape index (κ2) is 8.33. The highest BCUT2D eigenvalue weighted by atomic mass is 35.5. The monoisotopic (exact) mass is 422 g/mol. The van der Waals surface area contributed by atoms with Crippen LogP contribution in [0.3, 0.4) is 0 Å². The number of para-hydroxylation sites is 1. The van der Waals surface area contributed by atoms with Gasteiger partial charge in [-0.1, -0.05) is 41.4 Å². The average Bonchev–Trinajstić information content (AvgIpc) is 2.88. The number of thioether (sulfide) groups is 1. The van der Waals surface area contributed by atoms with Crippen LogP contribution in [0, 0.1) is 6.92 Å². The third-order valence-corrected chi connectivity index (χ3v) is 5.68. The fourth-order valence-corrected chi connectivity index (χ4v) is 4.20. The van der Waals surface area contributed by atoms with Crippen LogP contribution < -0.4 is 10.2 Å². The summed E-state index contributed by atoms with van der Waals surface area (Å²) in [6, 6.07) is 12.0. The second-order valence-electron chi connectivity index (χ2n) is 6.06. The van der Waals surface area contributed by atoms with E-state index in [0.717, 1.165) is 27.9 Å². The van der Waals surface area contributed by atoms with Gasteiger partial charge in [0.05, 0.1) is 16.7 Å². The zero-order chi connectivity index (χ0) is 19.6. The number of hydrogen-bond donors (Lipinski definition) is 1. The predicted molar refractivity (Wildman–Crippen MR) is 110 cm³/mol. The van der Waals surface area contributed by atoms with Crippen molar-refractivity contribution >= 4 is 64.1 Å². The van der Waals surface area contributed by atoms with Gasteiger partial charge in [0.25, 0.3) is 0 Å². The largest absolute Gasteiger partial charge is 0.325 e. The molecule has 0 aromatic heterocycles. The van der Waals surface area contributed by atoms with Gasteiger partial charge in [-0.2, -0.15) is 0 Å². The number of hydrogen-bond acceptors (Lipinski definition) is 4. The third kappa shape index (κ3) is 4.64. The first-order valence-corrected chi connectivity index (χ1v) is 9.95. The van der Waals surface area contributed by atoms with E-state index in [9.17, 15) is 14.4 Å². The molecule has 3 rings (SSSR count). The molecular weight excluding hydrogens is 407 g/mol. The zero-order valence-electron chi connectivity index (χ0n) is 14.4. The van der Waals surface area contributed by atoms with Crippen molar-refractivity contribution in [3.8, 4) is 0 Å². The number of nitrogens with zero attached hydrogens (tertiary/aromatic N) is 1. The maximum Gasteiger partial charge on any atom is 0.247 e. The molecule has 1 aliphatic rings. The molecule has 1 N–H and O–H groups in total. The summed E-state index contributed by atoms with van der Waals surface area (Å²) in [5.74, 6) is -0.858. The van der Waals surface area contributed by atoms with Gasteiger partial charge in [0.1, 0.15) is 0 Å². The SMILES string of the molecule is Cc1ccccc1NC(=O)CSC1CC(=O)N(c2cc(Cl)cc(Cl)c2)C1=O. The fraction of sp³-hybridized carbons (Fsp3) is 0.211. The Morgan fingerprint density at radius 3 is 2.52 bits per heavy atom. The maximum atomic E-state index is 12.6. The smallest absolute Gasteiger partial charge is 0.247 e. The van der Waals surface area contributed by atoms with Crippen LogP contribution in [-0.2, 0) is 14.4 Å². The molecule has 0 aliphatic carbocycles. The summed E-state index contributed by atoms with van der Waals surface area (Å²) in [7, 11) is 0. The van der Waals surface area contributed by atoms with E-state index in [-0.39, 0.29) is 29.9 Å². The summed E-state index contributed by atoms with van der Waals surface area (Å²) in [6.07, 6.45) is 0.0330. The molecule has 0 saturated carbocycles. The molecule has 140 valence electrons. The number of halogens is 2. The van der Waals surface area contributed by atoms with Crippen molar-refractivity contribution in [2.24, 2.45) is 0 Å². The Morgan fingerprint density at radius 1 is 1.19 bits per heavy atom. The van der Waals surface area contributed by atoms with Gasteiger partial charge in [0.15, 0.2) is 0 Å². The second-order valence-corrected chi connectivity index (χ2v) is 8.13. The first-order valence-electron chi connectivity index (χ1n) is 8.15. The summed E-state index contributed by atoms with van der Waals surface area (Å²) in [5.41, 5.74) is 2.02. The van der Waals surface area contributed by atoms with Crippen LogP contribution in [0.15, 0.2) is 42.5 Å². The first-order chi connectivity index (χ1) is 12.8. The Morgan fingerprint density at radius 2 is 1.85 bits per heavy atom. The normalized spacial score (nSPS) is 16.7. The number of carbonyl (C=O) groups is 3. The van der Waals surface area contributed by atoms with E-state index >= 15 is 0 Å². The van der Waals surface area contributed by atoms with Crippen LogP contribution in [0.25, 0.3) is 0 Å². The first kappa shape index (κ1) is 19.7. The molecule has 5 nitrogen and oxygen atoms in total. The van der Waals surface area contributed by atoms with Crippen LogP contribution >= 0.6 is 35.0 Å². The molecule has 2 aromatic carbocycles. The number of benzene rings is 2. The molecular formula is C19H16Cl2N2O3S. The quantitative estimate of drug-likeness (QED) is 0.729. The van der Waals surface area contributed by atoms with Crippen molar-refractivity contribution in [1.29, 1.82) is 0 Å². The Kier molecular flexibility index (Phi) is 6.09. The molecule has 1 atom stereocenters. The molecule has 0 bridgehead atoms. The molecule has 1 fully saturated rings. The van der Waals surface area contributed by atoms with Crippen LogP contribution in [0.4, 0.5) is 11.4 Å². The topological polar surface area (TPSA) is 66.5 Å². The summed E-state index contributed by atoms with van der Waals surface area (Å²) >= 11 is 13.1. The Labute approximate surface area is 171 Å². The average molecular weight is 423 g/mol. The Bertz CT molecular complexity index is 899. The van der Waals surface area contributed by atoms with Crippen LogP contribution in [-0.4, -0.2) is 28.7 Å². The van der Waals surface area contributed by atoms with Gasteiger partial charge in [0.2, 0.25) is 17.7 Å². The maximum absolute atomic E-state index is 12.6. The number of amides is 3. The molecule has 27 heavy (non-hydrogen) atoms. The highest BCUT2D eigenvalue weighted by molar-refractivity contribution is 8.01. The highest BCUT2D eigenvalue weighted by Gasteiger charge is 2.40. The third-order valence-electron chi connectivity index (χ3n) is 4.05. The molecule has 8 heteroatoms. The lowest BCUT2D eigenvalue weighted by Gasteiger charge is -2.15. The minimum atomic E-state index is -0.613. The van der Waals surface area contributed by atoms with E-state index in [1.54, 1.807) is 0 Å². The molecule has 1 saturated heterocycles. The minimum Gasteiger partial charge on any atom is -0.325 e. The highest BCUT2D eigenvalue weighted by Crippen LogP contribution is 2.33. The van der Waals surface area contributed by atoms with Crippen LogP contribution in [0.2, 0.25) is 10.0 Å². The van der Waals surface area contributed by atoms with E-state index in [1.807, 2.05) is 31.2 Å². The molecule has 0 spiro atoms. The van der Waals surface area contributed by atoms with Gasteiger partial charge in [-0.15, -0.1) is 11.8 Å². The van der Waals surface area contributed by atoms with E-state index in [0.29, 0.717) is 15.7 Å². The predicted octanol–water partition coefficient (Wildman–Crippen LogP) is 4.31. The minimum absolute atomic E-state index is 0.0330. The van der Waals surface area contributed by atoms with Gasteiger partial charge >= 0.3 is 0 Å². The number of carbonyl (C=O) groups excluding carboxylic acids is 3. The summed E-state index contributed by atoms with van der Waals surface area (Å²) < 4.78 is 0. The van der Waals surface area contributed by atoms with Crippen molar-refractivity contribution in [2.45, 2.75) is 18.6 Å². The summed E-state index contributed by atoms with van der Waals surface area (Å²) in [6.45, 7) is 1.90. The lowest BCUT2D eigenvalue weighted by atomic mass is 10.2. The summed E-state index contributed by atoms with van der Waals surface area (Å²) in [4.78, 5) is 38.2. The molecule has 1 aliphatic heterocycles. The number of nitrogens with one attached hydrogen (secondary N) is 1. The van der Waals surface area contributed by atoms with Crippen LogP contribution in [0.5, 0.6) is 0 Å². The van der Waals surface area contributed by atoms with Crippen molar-refractivity contribution in [3.05, 3.63) is 58.1 Å². The number of imide groups is 1. The zero-order valence-corrected chi connectivity index (χ0v) is 16.7. The lowest BCUT2D eigenvalue weighted by molar-refractivity contribution is -0.121. The van der Waals surface area contributed by atoms with E-state index in [1.165, 1.54) is 18.2 Å². The number of rotatable bonds is 5. The van der Waals surface area contributed by atoms with Crippen LogP contribution in [0.1, 0.15) is 12.0 Å². The van der Waals surface area contributed by atoms with Gasteiger partial charge in [-0.05, 0) is 36.8 Å².